The van der Waals surface area contributed by atoms with E-state index in [4.69, 9.17) is 27.4 Å². The third-order valence-corrected chi connectivity index (χ3v) is 2.76. The largest absolute Gasteiger partial charge is 0.491 e. The van der Waals surface area contributed by atoms with E-state index in [-0.39, 0.29) is 10.6 Å². The molecule has 0 radical (unpaired) electrons. The van der Waals surface area contributed by atoms with Gasteiger partial charge in [0.15, 0.2) is 0 Å². The van der Waals surface area contributed by atoms with Gasteiger partial charge in [-0.3, -0.25) is 0 Å². The number of thiocarbonyl (C=S) groups is 1. The van der Waals surface area contributed by atoms with Crippen LogP contribution >= 0.6 is 12.2 Å². The molecule has 5 heteroatoms. The fourth-order valence-corrected chi connectivity index (χ4v) is 1.59. The zero-order valence-corrected chi connectivity index (χ0v) is 12.1. The Labute approximate surface area is 118 Å². The van der Waals surface area contributed by atoms with E-state index in [9.17, 15) is 4.39 Å². The maximum Gasteiger partial charge on any atom is 0.137 e. The van der Waals surface area contributed by atoms with Crippen LogP contribution in [-0.2, 0) is 4.74 Å². The van der Waals surface area contributed by atoms with E-state index in [0.717, 1.165) is 13.0 Å². The molecule has 1 rings (SSSR count). The molecule has 3 nitrogen and oxygen atoms in total. The Morgan fingerprint density at radius 3 is 2.63 bits per heavy atom. The van der Waals surface area contributed by atoms with Crippen molar-refractivity contribution in [2.24, 2.45) is 11.7 Å². The molecule has 0 atom stereocenters. The second-order valence-electron chi connectivity index (χ2n) is 4.65. The molecule has 0 aliphatic carbocycles. The maximum atomic E-state index is 13.5. The fourth-order valence-electron chi connectivity index (χ4n) is 1.42. The van der Waals surface area contributed by atoms with Gasteiger partial charge in [0.2, 0.25) is 0 Å². The second-order valence-corrected chi connectivity index (χ2v) is 5.09. The molecule has 0 spiro atoms. The van der Waals surface area contributed by atoms with E-state index in [1.807, 2.05) is 0 Å². The first-order chi connectivity index (χ1) is 9.00. The van der Waals surface area contributed by atoms with Crippen molar-refractivity contribution in [3.8, 4) is 5.75 Å². The SMILES string of the molecule is CC(C)CCOCCOc1ccc(C(N)=S)c(F)c1. The number of benzene rings is 1. The summed E-state index contributed by atoms with van der Waals surface area (Å²) in [7, 11) is 0. The van der Waals surface area contributed by atoms with Crippen molar-refractivity contribution in [1.29, 1.82) is 0 Å². The highest BCUT2D eigenvalue weighted by Crippen LogP contribution is 2.16. The van der Waals surface area contributed by atoms with E-state index >= 15 is 0 Å². The lowest BCUT2D eigenvalue weighted by Gasteiger charge is -2.09. The second kappa shape index (κ2) is 8.07. The fraction of sp³-hybridized carbons (Fsp3) is 0.500. The average Bonchev–Trinajstić information content (AvgIpc) is 2.32. The zero-order chi connectivity index (χ0) is 14.3. The molecule has 0 amide bonds. The van der Waals surface area contributed by atoms with Crippen molar-refractivity contribution in [2.45, 2.75) is 20.3 Å². The molecular formula is C14H20FNO2S. The molecular weight excluding hydrogens is 265 g/mol. The molecule has 1 aromatic rings. The minimum absolute atomic E-state index is 0.0427. The van der Waals surface area contributed by atoms with Crippen LogP contribution in [0.2, 0.25) is 0 Å². The van der Waals surface area contributed by atoms with E-state index in [1.165, 1.54) is 12.1 Å². The van der Waals surface area contributed by atoms with Crippen molar-refractivity contribution in [3.05, 3.63) is 29.6 Å². The summed E-state index contributed by atoms with van der Waals surface area (Å²) in [5.41, 5.74) is 5.61. The summed E-state index contributed by atoms with van der Waals surface area (Å²) in [4.78, 5) is 0.0427. The minimum atomic E-state index is -0.467. The van der Waals surface area contributed by atoms with Crippen LogP contribution in [0.3, 0.4) is 0 Å². The highest BCUT2D eigenvalue weighted by Gasteiger charge is 2.06. The van der Waals surface area contributed by atoms with Crippen LogP contribution in [0.25, 0.3) is 0 Å². The predicted molar refractivity (Wildman–Crippen MR) is 78.1 cm³/mol. The topological polar surface area (TPSA) is 44.5 Å². The van der Waals surface area contributed by atoms with Crippen LogP contribution in [0.4, 0.5) is 4.39 Å². The number of hydrogen-bond donors (Lipinski definition) is 1. The first-order valence-electron chi connectivity index (χ1n) is 6.30. The smallest absolute Gasteiger partial charge is 0.137 e. The van der Waals surface area contributed by atoms with Crippen molar-refractivity contribution >= 4 is 17.2 Å². The minimum Gasteiger partial charge on any atom is -0.491 e. The Morgan fingerprint density at radius 1 is 1.32 bits per heavy atom. The molecule has 1 aromatic carbocycles. The van der Waals surface area contributed by atoms with Gasteiger partial charge < -0.3 is 15.2 Å². The number of nitrogens with two attached hydrogens (primary N) is 1. The summed E-state index contributed by atoms with van der Waals surface area (Å²) < 4.78 is 24.3. The Balaban J connectivity index is 2.30. The van der Waals surface area contributed by atoms with E-state index in [2.05, 4.69) is 13.8 Å². The quantitative estimate of drug-likeness (QED) is 0.589. The summed E-state index contributed by atoms with van der Waals surface area (Å²) in [6.07, 6.45) is 1.03. The third-order valence-electron chi connectivity index (χ3n) is 2.54. The van der Waals surface area contributed by atoms with Gasteiger partial charge in [0, 0.05) is 18.2 Å². The van der Waals surface area contributed by atoms with Crippen molar-refractivity contribution in [2.75, 3.05) is 19.8 Å². The van der Waals surface area contributed by atoms with E-state index < -0.39 is 5.82 Å². The van der Waals surface area contributed by atoms with E-state index in [1.54, 1.807) is 6.07 Å². The predicted octanol–water partition coefficient (Wildman–Crippen LogP) is 2.90. The summed E-state index contributed by atoms with van der Waals surface area (Å²) >= 11 is 4.73. The lowest BCUT2D eigenvalue weighted by molar-refractivity contribution is 0.0925. The Bertz CT molecular complexity index is 424. The third kappa shape index (κ3) is 5.98. The standard InChI is InChI=1S/C14H20FNO2S/c1-10(2)5-6-17-7-8-18-11-3-4-12(14(16)19)13(15)9-11/h3-4,9-10H,5-8H2,1-2H3,(H2,16,19). The molecule has 0 aromatic heterocycles. The number of halogens is 1. The normalized spacial score (nSPS) is 10.7. The van der Waals surface area contributed by atoms with E-state index in [0.29, 0.717) is 24.9 Å². The van der Waals surface area contributed by atoms with Crippen LogP contribution in [-0.4, -0.2) is 24.8 Å². The average molecular weight is 285 g/mol. The molecule has 0 aliphatic rings. The molecule has 0 bridgehead atoms. The van der Waals surface area contributed by atoms with Gasteiger partial charge >= 0.3 is 0 Å². The monoisotopic (exact) mass is 285 g/mol. The van der Waals surface area contributed by atoms with Crippen LogP contribution in [0.15, 0.2) is 18.2 Å². The van der Waals surface area contributed by atoms with Gasteiger partial charge in [0.05, 0.1) is 6.61 Å². The zero-order valence-electron chi connectivity index (χ0n) is 11.3. The van der Waals surface area contributed by atoms with Crippen LogP contribution in [0.5, 0.6) is 5.75 Å². The van der Waals surface area contributed by atoms with Crippen molar-refractivity contribution < 1.29 is 13.9 Å². The number of hydrogen-bond acceptors (Lipinski definition) is 3. The lowest BCUT2D eigenvalue weighted by atomic mass is 10.1. The van der Waals surface area contributed by atoms with Gasteiger partial charge in [0.1, 0.15) is 23.2 Å². The number of ether oxygens (including phenoxy) is 2. The maximum absolute atomic E-state index is 13.5. The van der Waals surface area contributed by atoms with Crippen molar-refractivity contribution in [1.82, 2.24) is 0 Å². The molecule has 0 fully saturated rings. The highest BCUT2D eigenvalue weighted by atomic mass is 32.1. The Morgan fingerprint density at radius 2 is 2.05 bits per heavy atom. The van der Waals surface area contributed by atoms with Gasteiger partial charge in [-0.2, -0.15) is 0 Å². The van der Waals surface area contributed by atoms with Gasteiger partial charge in [0.25, 0.3) is 0 Å². The molecule has 19 heavy (non-hydrogen) atoms. The van der Waals surface area contributed by atoms with Crippen LogP contribution in [0.1, 0.15) is 25.8 Å². The Hall–Kier alpha value is -1.20. The van der Waals surface area contributed by atoms with Gasteiger partial charge in [-0.25, -0.2) is 4.39 Å². The first-order valence-corrected chi connectivity index (χ1v) is 6.71. The molecule has 0 unspecified atom stereocenters. The molecule has 0 saturated carbocycles. The summed E-state index contributed by atoms with van der Waals surface area (Å²) in [6, 6.07) is 4.45. The Kier molecular flexibility index (Phi) is 6.73. The lowest BCUT2D eigenvalue weighted by Crippen LogP contribution is -2.12. The molecule has 2 N–H and O–H groups in total. The molecule has 106 valence electrons. The molecule has 0 heterocycles. The van der Waals surface area contributed by atoms with Gasteiger partial charge in [-0.1, -0.05) is 26.1 Å². The van der Waals surface area contributed by atoms with Crippen molar-refractivity contribution in [3.63, 3.8) is 0 Å². The molecule has 0 saturated heterocycles. The van der Waals surface area contributed by atoms with Gasteiger partial charge in [-0.15, -0.1) is 0 Å². The van der Waals surface area contributed by atoms with Gasteiger partial charge in [-0.05, 0) is 24.5 Å². The molecule has 0 aliphatic heterocycles. The summed E-state index contributed by atoms with van der Waals surface area (Å²) in [6.45, 7) is 5.89. The highest BCUT2D eigenvalue weighted by molar-refractivity contribution is 7.80. The summed E-state index contributed by atoms with van der Waals surface area (Å²) in [5, 5.41) is 0. The summed E-state index contributed by atoms with van der Waals surface area (Å²) in [5.74, 6) is 0.610. The van der Waals surface area contributed by atoms with Crippen LogP contribution < -0.4 is 10.5 Å². The first kappa shape index (κ1) is 15.9. The number of rotatable bonds is 8. The van der Waals surface area contributed by atoms with Crippen LogP contribution in [0, 0.1) is 11.7 Å².